The summed E-state index contributed by atoms with van der Waals surface area (Å²) >= 11 is 1.48. The largest absolute Gasteiger partial charge is 0.329 e. The summed E-state index contributed by atoms with van der Waals surface area (Å²) in [5.41, 5.74) is 6.54. The van der Waals surface area contributed by atoms with E-state index in [9.17, 15) is 0 Å². The van der Waals surface area contributed by atoms with E-state index in [4.69, 9.17) is 5.73 Å². The monoisotopic (exact) mass is 200 g/mol. The molecular weight excluding hydrogens is 184 g/mol. The molecule has 1 aromatic rings. The van der Waals surface area contributed by atoms with Gasteiger partial charge in [0.2, 0.25) is 0 Å². The van der Waals surface area contributed by atoms with Crippen LogP contribution >= 0.6 is 11.5 Å². The number of hydrogen-bond acceptors (Lipinski definition) is 5. The van der Waals surface area contributed by atoms with Crippen LogP contribution in [0, 0.1) is 6.92 Å². The molecule has 0 fully saturated rings. The summed E-state index contributed by atoms with van der Waals surface area (Å²) in [6, 6.07) is 0. The first-order valence-corrected chi connectivity index (χ1v) is 5.25. The Morgan fingerprint density at radius 3 is 2.77 bits per heavy atom. The van der Waals surface area contributed by atoms with E-state index in [-0.39, 0.29) is 0 Å². The van der Waals surface area contributed by atoms with Crippen molar-refractivity contribution in [1.82, 2.24) is 14.5 Å². The Hall–Kier alpha value is -0.520. The van der Waals surface area contributed by atoms with Crippen molar-refractivity contribution in [3.8, 4) is 0 Å². The normalized spacial score (nSPS) is 11.1. The van der Waals surface area contributed by atoms with Gasteiger partial charge in [-0.3, -0.25) is 4.90 Å². The Kier molecular flexibility index (Phi) is 4.27. The molecule has 0 unspecified atom stereocenters. The van der Waals surface area contributed by atoms with Crippen molar-refractivity contribution in [3.05, 3.63) is 10.6 Å². The van der Waals surface area contributed by atoms with Gasteiger partial charge in [-0.2, -0.15) is 0 Å². The molecule has 4 nitrogen and oxygen atoms in total. The molecule has 13 heavy (non-hydrogen) atoms. The number of nitrogens with two attached hydrogens (primary N) is 1. The molecule has 0 amide bonds. The minimum atomic E-state index is 0.707. The molecule has 0 radical (unpaired) electrons. The minimum absolute atomic E-state index is 0.707. The maximum Gasteiger partial charge on any atom is 0.0769 e. The Balaban J connectivity index is 2.51. The van der Waals surface area contributed by atoms with Gasteiger partial charge in [0.15, 0.2) is 0 Å². The minimum Gasteiger partial charge on any atom is -0.329 e. The van der Waals surface area contributed by atoms with Crippen molar-refractivity contribution >= 4 is 11.5 Å². The van der Waals surface area contributed by atoms with E-state index in [1.54, 1.807) is 0 Å². The molecule has 1 aromatic heterocycles. The average molecular weight is 200 g/mol. The second-order valence-corrected chi connectivity index (χ2v) is 3.78. The molecule has 0 atom stereocenters. The van der Waals surface area contributed by atoms with E-state index in [1.807, 2.05) is 6.92 Å². The number of aryl methyl sites for hydroxylation is 1. The number of hydrogen-bond donors (Lipinski definition) is 1. The molecule has 0 saturated carbocycles. The Morgan fingerprint density at radius 2 is 2.31 bits per heavy atom. The summed E-state index contributed by atoms with van der Waals surface area (Å²) < 4.78 is 3.90. The van der Waals surface area contributed by atoms with Gasteiger partial charge in [-0.15, -0.1) is 5.10 Å². The molecule has 1 rings (SSSR count). The van der Waals surface area contributed by atoms with Gasteiger partial charge in [-0.1, -0.05) is 11.4 Å². The van der Waals surface area contributed by atoms with Crippen LogP contribution in [0.2, 0.25) is 0 Å². The SMILES string of the molecule is CCN(CCN)Cc1snnc1C. The van der Waals surface area contributed by atoms with Crippen molar-refractivity contribution in [2.75, 3.05) is 19.6 Å². The van der Waals surface area contributed by atoms with Gasteiger partial charge >= 0.3 is 0 Å². The maximum atomic E-state index is 5.50. The van der Waals surface area contributed by atoms with Gasteiger partial charge in [0.05, 0.1) is 10.6 Å². The fourth-order valence-electron chi connectivity index (χ4n) is 1.13. The smallest absolute Gasteiger partial charge is 0.0769 e. The number of rotatable bonds is 5. The van der Waals surface area contributed by atoms with E-state index < -0.39 is 0 Å². The van der Waals surface area contributed by atoms with E-state index in [1.165, 1.54) is 16.4 Å². The molecule has 0 saturated heterocycles. The zero-order chi connectivity index (χ0) is 9.68. The predicted octanol–water partition coefficient (Wildman–Crippen LogP) is 0.627. The lowest BCUT2D eigenvalue weighted by Gasteiger charge is -2.17. The molecule has 0 aliphatic carbocycles. The Labute approximate surface area is 82.9 Å². The molecule has 0 spiro atoms. The fraction of sp³-hybridized carbons (Fsp3) is 0.750. The van der Waals surface area contributed by atoms with Gasteiger partial charge in [0.1, 0.15) is 0 Å². The van der Waals surface area contributed by atoms with E-state index in [0.717, 1.165) is 25.3 Å². The molecular formula is C8H16N4S. The van der Waals surface area contributed by atoms with Crippen LogP contribution in [0.15, 0.2) is 0 Å². The second-order valence-electron chi connectivity index (χ2n) is 2.94. The molecule has 0 aromatic carbocycles. The number of aromatic nitrogens is 2. The summed E-state index contributed by atoms with van der Waals surface area (Å²) in [7, 11) is 0. The van der Waals surface area contributed by atoms with Crippen LogP contribution in [-0.2, 0) is 6.54 Å². The summed E-state index contributed by atoms with van der Waals surface area (Å²) in [5, 5.41) is 3.97. The highest BCUT2D eigenvalue weighted by atomic mass is 32.1. The molecule has 5 heteroatoms. The number of likely N-dealkylation sites (N-methyl/N-ethyl adjacent to an activating group) is 1. The zero-order valence-electron chi connectivity index (χ0n) is 8.16. The molecule has 1 heterocycles. The van der Waals surface area contributed by atoms with Crippen molar-refractivity contribution in [1.29, 1.82) is 0 Å². The number of nitrogens with zero attached hydrogens (tertiary/aromatic N) is 3. The van der Waals surface area contributed by atoms with E-state index in [2.05, 4.69) is 21.4 Å². The first-order chi connectivity index (χ1) is 6.27. The van der Waals surface area contributed by atoms with E-state index >= 15 is 0 Å². The highest BCUT2D eigenvalue weighted by molar-refractivity contribution is 7.05. The third kappa shape index (κ3) is 3.02. The Morgan fingerprint density at radius 1 is 1.54 bits per heavy atom. The van der Waals surface area contributed by atoms with Gasteiger partial charge in [0.25, 0.3) is 0 Å². The van der Waals surface area contributed by atoms with Gasteiger partial charge in [0, 0.05) is 19.6 Å². The molecule has 0 aliphatic rings. The second kappa shape index (κ2) is 5.26. The van der Waals surface area contributed by atoms with Crippen LogP contribution in [-0.4, -0.2) is 34.1 Å². The van der Waals surface area contributed by atoms with E-state index in [0.29, 0.717) is 6.54 Å². The third-order valence-electron chi connectivity index (χ3n) is 2.01. The van der Waals surface area contributed by atoms with Gasteiger partial charge < -0.3 is 5.73 Å². The molecule has 0 bridgehead atoms. The summed E-state index contributed by atoms with van der Waals surface area (Å²) in [6.45, 7) is 7.73. The quantitative estimate of drug-likeness (QED) is 0.757. The van der Waals surface area contributed by atoms with Crippen molar-refractivity contribution < 1.29 is 0 Å². The topological polar surface area (TPSA) is 55.0 Å². The highest BCUT2D eigenvalue weighted by Gasteiger charge is 2.07. The van der Waals surface area contributed by atoms with Crippen LogP contribution in [0.5, 0.6) is 0 Å². The first-order valence-electron chi connectivity index (χ1n) is 4.48. The summed E-state index contributed by atoms with van der Waals surface area (Å²) in [5.74, 6) is 0. The van der Waals surface area contributed by atoms with Crippen LogP contribution < -0.4 is 5.73 Å². The lowest BCUT2D eigenvalue weighted by atomic mass is 10.3. The average Bonchev–Trinajstić information content (AvgIpc) is 2.51. The van der Waals surface area contributed by atoms with Gasteiger partial charge in [-0.05, 0) is 25.0 Å². The molecule has 0 aliphatic heterocycles. The maximum absolute atomic E-state index is 5.50. The summed E-state index contributed by atoms with van der Waals surface area (Å²) in [4.78, 5) is 3.54. The van der Waals surface area contributed by atoms with Crippen LogP contribution in [0.25, 0.3) is 0 Å². The lowest BCUT2D eigenvalue weighted by Crippen LogP contribution is -2.28. The summed E-state index contributed by atoms with van der Waals surface area (Å²) in [6.07, 6.45) is 0. The molecule has 74 valence electrons. The first kappa shape index (κ1) is 10.6. The molecule has 2 N–H and O–H groups in total. The zero-order valence-corrected chi connectivity index (χ0v) is 8.97. The van der Waals surface area contributed by atoms with Crippen molar-refractivity contribution in [3.63, 3.8) is 0 Å². The van der Waals surface area contributed by atoms with Crippen LogP contribution in [0.4, 0.5) is 0 Å². The van der Waals surface area contributed by atoms with Crippen LogP contribution in [0.3, 0.4) is 0 Å². The van der Waals surface area contributed by atoms with Gasteiger partial charge in [-0.25, -0.2) is 0 Å². The fourth-order valence-corrected chi connectivity index (χ4v) is 1.81. The van der Waals surface area contributed by atoms with Crippen LogP contribution in [0.1, 0.15) is 17.5 Å². The lowest BCUT2D eigenvalue weighted by molar-refractivity contribution is 0.290. The van der Waals surface area contributed by atoms with Crippen molar-refractivity contribution in [2.45, 2.75) is 20.4 Å². The predicted molar refractivity (Wildman–Crippen MR) is 54.7 cm³/mol. The highest BCUT2D eigenvalue weighted by Crippen LogP contribution is 2.11. The third-order valence-corrected chi connectivity index (χ3v) is 2.81. The van der Waals surface area contributed by atoms with Crippen molar-refractivity contribution in [2.24, 2.45) is 5.73 Å². The Bertz CT molecular complexity index is 248. The standard InChI is InChI=1S/C8H16N4S/c1-3-12(5-4-9)6-8-7(2)10-11-13-8/h3-6,9H2,1-2H3.